The molecule has 5 nitrogen and oxygen atoms in total. The zero-order valence-electron chi connectivity index (χ0n) is 13.3. The average Bonchev–Trinajstić information content (AvgIpc) is 3.12. The van der Waals surface area contributed by atoms with E-state index in [4.69, 9.17) is 11.6 Å². The molecule has 2 aromatic carbocycles. The minimum absolute atomic E-state index is 0.0640. The zero-order chi connectivity index (χ0) is 17.6. The van der Waals surface area contributed by atoms with Crippen LogP contribution in [0.4, 0.5) is 4.39 Å². The van der Waals surface area contributed by atoms with Gasteiger partial charge in [0.05, 0.1) is 16.7 Å². The summed E-state index contributed by atoms with van der Waals surface area (Å²) in [7, 11) is 0. The van der Waals surface area contributed by atoms with E-state index in [0.717, 1.165) is 11.0 Å². The molecule has 0 aliphatic heterocycles. The molecular formula is C18H14ClFN4O. The molecule has 2 N–H and O–H groups in total. The summed E-state index contributed by atoms with van der Waals surface area (Å²) in [4.78, 5) is 7.54. The Morgan fingerprint density at radius 3 is 2.80 bits per heavy atom. The summed E-state index contributed by atoms with van der Waals surface area (Å²) in [5.41, 5.74) is 3.20. The highest BCUT2D eigenvalue weighted by atomic mass is 35.5. The van der Waals surface area contributed by atoms with Crippen LogP contribution in [-0.2, 0) is 6.42 Å². The number of H-pyrrole nitrogens is 1. The third-order valence-corrected chi connectivity index (χ3v) is 4.35. The molecule has 0 unspecified atom stereocenters. The summed E-state index contributed by atoms with van der Waals surface area (Å²) in [6, 6.07) is 12.0. The minimum atomic E-state index is -0.414. The minimum Gasteiger partial charge on any atom is -0.493 e. The number of aromatic nitrogens is 4. The van der Waals surface area contributed by atoms with Gasteiger partial charge in [-0.2, -0.15) is 9.78 Å². The number of nitrogens with one attached hydrogen (secondary N) is 1. The lowest BCUT2D eigenvalue weighted by atomic mass is 10.1. The van der Waals surface area contributed by atoms with Crippen molar-refractivity contribution in [3.8, 4) is 11.8 Å². The predicted octanol–water partition coefficient (Wildman–Crippen LogP) is 4.15. The predicted molar refractivity (Wildman–Crippen MR) is 93.8 cm³/mol. The maximum absolute atomic E-state index is 14.1. The first-order chi connectivity index (χ1) is 12.0. The van der Waals surface area contributed by atoms with E-state index in [0.29, 0.717) is 27.8 Å². The fraction of sp³-hybridized carbons (Fsp3) is 0.111. The van der Waals surface area contributed by atoms with Crippen LogP contribution in [0.25, 0.3) is 17.0 Å². The highest BCUT2D eigenvalue weighted by Crippen LogP contribution is 2.28. The van der Waals surface area contributed by atoms with E-state index in [-0.39, 0.29) is 12.3 Å². The fourth-order valence-electron chi connectivity index (χ4n) is 2.80. The Balaban J connectivity index is 1.75. The van der Waals surface area contributed by atoms with E-state index in [1.807, 2.05) is 24.3 Å². The number of hydrogen-bond donors (Lipinski definition) is 2. The van der Waals surface area contributed by atoms with E-state index in [1.54, 1.807) is 19.1 Å². The van der Waals surface area contributed by atoms with Crippen LogP contribution in [0.1, 0.15) is 16.8 Å². The van der Waals surface area contributed by atoms with E-state index < -0.39 is 5.82 Å². The van der Waals surface area contributed by atoms with Gasteiger partial charge in [-0.3, -0.25) is 0 Å². The molecule has 0 radical (unpaired) electrons. The maximum Gasteiger partial charge on any atom is 0.232 e. The quantitative estimate of drug-likeness (QED) is 0.579. The number of aromatic hydroxyl groups is 1. The number of aromatic amines is 1. The lowest BCUT2D eigenvalue weighted by molar-refractivity contribution is 0.426. The van der Waals surface area contributed by atoms with Gasteiger partial charge in [0.25, 0.3) is 0 Å². The van der Waals surface area contributed by atoms with E-state index in [2.05, 4.69) is 15.1 Å². The average molecular weight is 357 g/mol. The van der Waals surface area contributed by atoms with Gasteiger partial charge in [0, 0.05) is 17.0 Å². The molecule has 0 fully saturated rings. The number of rotatable bonds is 3. The SMILES string of the molecule is Cc1nn(-c2nc3ccccc3[nH]2)c(O)c1Cc1ccc(Cl)cc1F. The van der Waals surface area contributed by atoms with Crippen LogP contribution in [0, 0.1) is 12.7 Å². The first-order valence-corrected chi connectivity index (χ1v) is 8.07. The van der Waals surface area contributed by atoms with Gasteiger partial charge in [0.1, 0.15) is 5.82 Å². The molecule has 4 aromatic rings. The molecule has 0 aliphatic rings. The summed E-state index contributed by atoms with van der Waals surface area (Å²) in [6.45, 7) is 1.77. The van der Waals surface area contributed by atoms with Gasteiger partial charge in [-0.05, 0) is 36.8 Å². The number of fused-ring (bicyclic) bond motifs is 1. The number of para-hydroxylation sites is 2. The van der Waals surface area contributed by atoms with Crippen molar-refractivity contribution in [3.05, 3.63) is 70.1 Å². The lowest BCUT2D eigenvalue weighted by Crippen LogP contribution is -1.98. The fourth-order valence-corrected chi connectivity index (χ4v) is 2.96. The van der Waals surface area contributed by atoms with Crippen LogP contribution in [0.15, 0.2) is 42.5 Å². The van der Waals surface area contributed by atoms with Gasteiger partial charge in [-0.1, -0.05) is 29.8 Å². The molecule has 126 valence electrons. The van der Waals surface area contributed by atoms with E-state index in [9.17, 15) is 9.50 Å². The molecule has 4 rings (SSSR count). The number of nitrogens with zero attached hydrogens (tertiary/aromatic N) is 3. The molecule has 2 heterocycles. The zero-order valence-corrected chi connectivity index (χ0v) is 14.0. The molecule has 0 bridgehead atoms. The van der Waals surface area contributed by atoms with Gasteiger partial charge in [-0.15, -0.1) is 0 Å². The smallest absolute Gasteiger partial charge is 0.232 e. The molecular weight excluding hydrogens is 343 g/mol. The Kier molecular flexibility index (Phi) is 3.69. The Labute approximate surface area is 147 Å². The molecule has 7 heteroatoms. The third kappa shape index (κ3) is 2.74. The normalized spacial score (nSPS) is 11.3. The second-order valence-electron chi connectivity index (χ2n) is 5.79. The Bertz CT molecular complexity index is 1050. The van der Waals surface area contributed by atoms with Crippen LogP contribution in [0.3, 0.4) is 0 Å². The van der Waals surface area contributed by atoms with E-state index >= 15 is 0 Å². The number of hydrogen-bond acceptors (Lipinski definition) is 3. The molecule has 25 heavy (non-hydrogen) atoms. The molecule has 0 atom stereocenters. The topological polar surface area (TPSA) is 66.7 Å². The second-order valence-corrected chi connectivity index (χ2v) is 6.23. The number of benzene rings is 2. The lowest BCUT2D eigenvalue weighted by Gasteiger charge is -2.04. The van der Waals surface area contributed by atoms with Crippen molar-refractivity contribution in [2.24, 2.45) is 0 Å². The van der Waals surface area contributed by atoms with Crippen molar-refractivity contribution in [3.63, 3.8) is 0 Å². The van der Waals surface area contributed by atoms with Crippen LogP contribution < -0.4 is 0 Å². The van der Waals surface area contributed by atoms with Gasteiger partial charge in [-0.25, -0.2) is 9.37 Å². The van der Waals surface area contributed by atoms with Crippen LogP contribution >= 0.6 is 11.6 Å². The standard InChI is InChI=1S/C18H14ClFN4O/c1-10-13(8-11-6-7-12(19)9-14(11)20)17(25)24(23-10)18-21-15-4-2-3-5-16(15)22-18/h2-7,9,25H,8H2,1H3,(H,21,22). The first kappa shape index (κ1) is 15.7. The Morgan fingerprint density at radius 1 is 1.24 bits per heavy atom. The van der Waals surface area contributed by atoms with Crippen molar-refractivity contribution in [1.82, 2.24) is 19.7 Å². The van der Waals surface area contributed by atoms with Crippen molar-refractivity contribution < 1.29 is 9.50 Å². The van der Waals surface area contributed by atoms with Gasteiger partial charge < -0.3 is 10.1 Å². The van der Waals surface area contributed by atoms with Crippen molar-refractivity contribution in [2.75, 3.05) is 0 Å². The number of aryl methyl sites for hydroxylation is 1. The maximum atomic E-state index is 14.1. The molecule has 0 aliphatic carbocycles. The third-order valence-electron chi connectivity index (χ3n) is 4.12. The summed E-state index contributed by atoms with van der Waals surface area (Å²) < 4.78 is 15.4. The van der Waals surface area contributed by atoms with Crippen molar-refractivity contribution in [2.45, 2.75) is 13.3 Å². The molecule has 0 amide bonds. The number of imidazole rings is 1. The van der Waals surface area contributed by atoms with E-state index in [1.165, 1.54) is 10.7 Å². The van der Waals surface area contributed by atoms with Gasteiger partial charge in [0.2, 0.25) is 11.8 Å². The Hall–Kier alpha value is -2.86. The molecule has 0 spiro atoms. The number of halogens is 2. The van der Waals surface area contributed by atoms with Crippen molar-refractivity contribution in [1.29, 1.82) is 0 Å². The van der Waals surface area contributed by atoms with Gasteiger partial charge >= 0.3 is 0 Å². The van der Waals surface area contributed by atoms with Gasteiger partial charge in [0.15, 0.2) is 0 Å². The van der Waals surface area contributed by atoms with Crippen LogP contribution in [-0.4, -0.2) is 24.9 Å². The molecule has 0 saturated carbocycles. The highest BCUT2D eigenvalue weighted by molar-refractivity contribution is 6.30. The second kappa shape index (κ2) is 5.89. The summed E-state index contributed by atoms with van der Waals surface area (Å²) in [6.07, 6.45) is 0.209. The largest absolute Gasteiger partial charge is 0.493 e. The monoisotopic (exact) mass is 356 g/mol. The van der Waals surface area contributed by atoms with Crippen LogP contribution in [0.5, 0.6) is 5.88 Å². The molecule has 2 aromatic heterocycles. The first-order valence-electron chi connectivity index (χ1n) is 7.69. The summed E-state index contributed by atoms with van der Waals surface area (Å²) in [5, 5.41) is 15.3. The summed E-state index contributed by atoms with van der Waals surface area (Å²) >= 11 is 5.79. The van der Waals surface area contributed by atoms with Crippen LogP contribution in [0.2, 0.25) is 5.02 Å². The van der Waals surface area contributed by atoms with Crippen molar-refractivity contribution >= 4 is 22.6 Å². The highest BCUT2D eigenvalue weighted by Gasteiger charge is 2.19. The summed E-state index contributed by atoms with van der Waals surface area (Å²) in [5.74, 6) is -0.0710. The Morgan fingerprint density at radius 2 is 2.04 bits per heavy atom. The molecule has 0 saturated heterocycles.